The Labute approximate surface area is 128 Å². The van der Waals surface area contributed by atoms with Crippen molar-refractivity contribution in [2.24, 2.45) is 17.8 Å². The molecule has 3 rings (SSSR count). The molecule has 2 aliphatic carbocycles. The third kappa shape index (κ3) is 3.07. The van der Waals surface area contributed by atoms with Gasteiger partial charge in [0.2, 0.25) is 5.91 Å². The van der Waals surface area contributed by atoms with E-state index >= 15 is 0 Å². The normalized spacial score (nSPS) is 30.3. The van der Waals surface area contributed by atoms with Crippen molar-refractivity contribution >= 4 is 23.6 Å². The van der Waals surface area contributed by atoms with Crippen molar-refractivity contribution in [3.8, 4) is 0 Å². The minimum absolute atomic E-state index is 0.0624. The smallest absolute Gasteiger partial charge is 0.308 e. The number of amides is 1. The highest BCUT2D eigenvalue weighted by Crippen LogP contribution is 2.48. The van der Waals surface area contributed by atoms with E-state index in [1.165, 1.54) is 11.8 Å². The first kappa shape index (κ1) is 14.4. The molecule has 21 heavy (non-hydrogen) atoms. The van der Waals surface area contributed by atoms with Crippen LogP contribution in [0, 0.1) is 17.8 Å². The third-order valence-corrected chi connectivity index (χ3v) is 5.65. The van der Waals surface area contributed by atoms with E-state index in [9.17, 15) is 14.7 Å². The van der Waals surface area contributed by atoms with Gasteiger partial charge in [0.1, 0.15) is 0 Å². The molecule has 1 aromatic carbocycles. The number of rotatable bonds is 5. The first-order valence-corrected chi connectivity index (χ1v) is 8.33. The van der Waals surface area contributed by atoms with Crippen LogP contribution in [0.15, 0.2) is 35.2 Å². The van der Waals surface area contributed by atoms with E-state index in [4.69, 9.17) is 0 Å². The first-order valence-electron chi connectivity index (χ1n) is 7.35. The maximum atomic E-state index is 12.1. The largest absolute Gasteiger partial charge is 0.481 e. The second-order valence-electron chi connectivity index (χ2n) is 5.89. The molecule has 0 aromatic heterocycles. The fourth-order valence-corrected chi connectivity index (χ4v) is 4.48. The SMILES string of the molecule is O=C(CSc1ccccc1)NC1C2CCC(C2)C1C(=O)O. The zero-order valence-electron chi connectivity index (χ0n) is 11.7. The fourth-order valence-electron chi connectivity index (χ4n) is 3.75. The van der Waals surface area contributed by atoms with Crippen LogP contribution in [0.2, 0.25) is 0 Å². The van der Waals surface area contributed by atoms with Crippen LogP contribution in [0.25, 0.3) is 0 Å². The number of hydrogen-bond acceptors (Lipinski definition) is 3. The van der Waals surface area contributed by atoms with Crippen LogP contribution in [0.4, 0.5) is 0 Å². The van der Waals surface area contributed by atoms with Crippen molar-refractivity contribution in [3.05, 3.63) is 30.3 Å². The lowest BCUT2D eigenvalue weighted by Gasteiger charge is -2.28. The summed E-state index contributed by atoms with van der Waals surface area (Å²) in [6.45, 7) is 0. The molecular formula is C16H19NO3S. The van der Waals surface area contributed by atoms with Gasteiger partial charge in [0.25, 0.3) is 0 Å². The minimum Gasteiger partial charge on any atom is -0.481 e. The molecule has 4 atom stereocenters. The Morgan fingerprint density at radius 1 is 1.19 bits per heavy atom. The highest BCUT2D eigenvalue weighted by molar-refractivity contribution is 8.00. The molecule has 0 spiro atoms. The average Bonchev–Trinajstić information content (AvgIpc) is 3.07. The molecule has 2 aliphatic rings. The number of carboxylic acid groups (broad SMARTS) is 1. The molecule has 112 valence electrons. The van der Waals surface area contributed by atoms with Gasteiger partial charge in [0.15, 0.2) is 0 Å². The molecule has 4 nitrogen and oxygen atoms in total. The van der Waals surface area contributed by atoms with Gasteiger partial charge in [-0.05, 0) is 43.2 Å². The highest BCUT2D eigenvalue weighted by Gasteiger charge is 2.51. The van der Waals surface area contributed by atoms with E-state index in [1.54, 1.807) is 0 Å². The predicted octanol–water partition coefficient (Wildman–Crippen LogP) is 2.39. The number of benzene rings is 1. The van der Waals surface area contributed by atoms with Gasteiger partial charge in [-0.25, -0.2) is 0 Å². The number of carbonyl (C=O) groups is 2. The summed E-state index contributed by atoms with van der Waals surface area (Å²) in [5.74, 6) is -0.281. The molecule has 1 aromatic rings. The second kappa shape index (κ2) is 6.10. The summed E-state index contributed by atoms with van der Waals surface area (Å²) in [5.41, 5.74) is 0. The van der Waals surface area contributed by atoms with Gasteiger partial charge in [-0.2, -0.15) is 0 Å². The Bertz CT molecular complexity index is 534. The van der Waals surface area contributed by atoms with Crippen molar-refractivity contribution in [2.75, 3.05) is 5.75 Å². The average molecular weight is 305 g/mol. The summed E-state index contributed by atoms with van der Waals surface area (Å²) in [7, 11) is 0. The van der Waals surface area contributed by atoms with Crippen LogP contribution < -0.4 is 5.32 Å². The topological polar surface area (TPSA) is 66.4 Å². The van der Waals surface area contributed by atoms with Crippen molar-refractivity contribution in [2.45, 2.75) is 30.2 Å². The zero-order valence-corrected chi connectivity index (χ0v) is 12.5. The Kier molecular flexibility index (Phi) is 4.19. The molecule has 0 heterocycles. The predicted molar refractivity (Wildman–Crippen MR) is 81.1 cm³/mol. The summed E-state index contributed by atoms with van der Waals surface area (Å²) in [4.78, 5) is 24.5. The highest BCUT2D eigenvalue weighted by atomic mass is 32.2. The van der Waals surface area contributed by atoms with E-state index in [0.717, 1.165) is 24.2 Å². The van der Waals surface area contributed by atoms with E-state index in [2.05, 4.69) is 5.32 Å². The summed E-state index contributed by atoms with van der Waals surface area (Å²) < 4.78 is 0. The van der Waals surface area contributed by atoms with Crippen molar-refractivity contribution in [1.29, 1.82) is 0 Å². The van der Waals surface area contributed by atoms with Gasteiger partial charge >= 0.3 is 5.97 Å². The lowest BCUT2D eigenvalue weighted by Crippen LogP contribution is -2.47. The van der Waals surface area contributed by atoms with Crippen LogP contribution >= 0.6 is 11.8 Å². The van der Waals surface area contributed by atoms with Crippen LogP contribution in [0.5, 0.6) is 0 Å². The monoisotopic (exact) mass is 305 g/mol. The lowest BCUT2D eigenvalue weighted by atomic mass is 9.84. The Balaban J connectivity index is 1.56. The van der Waals surface area contributed by atoms with Gasteiger partial charge < -0.3 is 10.4 Å². The first-order chi connectivity index (χ1) is 10.1. The van der Waals surface area contributed by atoms with Crippen LogP contribution in [-0.2, 0) is 9.59 Å². The molecule has 0 radical (unpaired) electrons. The Morgan fingerprint density at radius 2 is 1.90 bits per heavy atom. The molecule has 2 fully saturated rings. The van der Waals surface area contributed by atoms with E-state index in [0.29, 0.717) is 11.7 Å². The van der Waals surface area contributed by atoms with Crippen LogP contribution in [0.1, 0.15) is 19.3 Å². The molecule has 4 unspecified atom stereocenters. The molecule has 0 saturated heterocycles. The van der Waals surface area contributed by atoms with E-state index in [-0.39, 0.29) is 17.9 Å². The van der Waals surface area contributed by atoms with Gasteiger partial charge in [0.05, 0.1) is 11.7 Å². The number of nitrogens with one attached hydrogen (secondary N) is 1. The molecular weight excluding hydrogens is 286 g/mol. The quantitative estimate of drug-likeness (QED) is 0.820. The summed E-state index contributed by atoms with van der Waals surface area (Å²) in [5, 5.41) is 12.3. The van der Waals surface area contributed by atoms with Crippen molar-refractivity contribution < 1.29 is 14.7 Å². The van der Waals surface area contributed by atoms with Crippen LogP contribution in [0.3, 0.4) is 0 Å². The number of hydrogen-bond donors (Lipinski definition) is 2. The molecule has 0 aliphatic heterocycles. The number of fused-ring (bicyclic) bond motifs is 2. The molecule has 2 saturated carbocycles. The third-order valence-electron chi connectivity index (χ3n) is 4.64. The summed E-state index contributed by atoms with van der Waals surface area (Å²) >= 11 is 1.48. The van der Waals surface area contributed by atoms with Crippen molar-refractivity contribution in [1.82, 2.24) is 5.32 Å². The number of carbonyl (C=O) groups excluding carboxylic acids is 1. The van der Waals surface area contributed by atoms with Gasteiger partial charge in [-0.15, -0.1) is 11.8 Å². The number of aliphatic carboxylic acids is 1. The Morgan fingerprint density at radius 3 is 2.62 bits per heavy atom. The number of carboxylic acids is 1. The van der Waals surface area contributed by atoms with Gasteiger partial charge in [-0.1, -0.05) is 18.2 Å². The van der Waals surface area contributed by atoms with Gasteiger partial charge in [0, 0.05) is 10.9 Å². The molecule has 2 bridgehead atoms. The Hall–Kier alpha value is -1.49. The fraction of sp³-hybridized carbons (Fsp3) is 0.500. The maximum Gasteiger partial charge on any atom is 0.308 e. The van der Waals surface area contributed by atoms with E-state index < -0.39 is 11.9 Å². The zero-order chi connectivity index (χ0) is 14.8. The molecule has 2 N–H and O–H groups in total. The van der Waals surface area contributed by atoms with Gasteiger partial charge in [-0.3, -0.25) is 9.59 Å². The maximum absolute atomic E-state index is 12.1. The number of thioether (sulfide) groups is 1. The minimum atomic E-state index is -0.761. The van der Waals surface area contributed by atoms with E-state index in [1.807, 2.05) is 30.3 Å². The summed E-state index contributed by atoms with van der Waals surface area (Å²) in [6, 6.07) is 9.58. The standard InChI is InChI=1S/C16H19NO3S/c18-13(9-21-12-4-2-1-3-5-12)17-15-11-7-6-10(8-11)14(15)16(19)20/h1-5,10-11,14-15H,6-9H2,(H,17,18)(H,19,20). The summed E-state index contributed by atoms with van der Waals surface area (Å²) in [6.07, 6.45) is 2.99. The van der Waals surface area contributed by atoms with Crippen molar-refractivity contribution in [3.63, 3.8) is 0 Å². The molecule has 1 amide bonds. The lowest BCUT2D eigenvalue weighted by molar-refractivity contribution is -0.144. The second-order valence-corrected chi connectivity index (χ2v) is 6.94. The molecule has 5 heteroatoms. The van der Waals surface area contributed by atoms with Crippen LogP contribution in [-0.4, -0.2) is 28.8 Å².